The van der Waals surface area contributed by atoms with Crippen LogP contribution in [0.3, 0.4) is 0 Å². The molecule has 1 aliphatic heterocycles. The predicted molar refractivity (Wildman–Crippen MR) is 98.3 cm³/mol. The normalized spacial score (nSPS) is 23.5. The number of ether oxygens (including phenoxy) is 2. The third kappa shape index (κ3) is 2.89. The number of hydrogen-bond donors (Lipinski definition) is 1. The van der Waals surface area contributed by atoms with E-state index in [0.29, 0.717) is 11.1 Å². The number of rotatable bonds is 3. The van der Waals surface area contributed by atoms with Crippen molar-refractivity contribution < 1.29 is 24.2 Å². The van der Waals surface area contributed by atoms with Gasteiger partial charge in [0.15, 0.2) is 11.5 Å². The van der Waals surface area contributed by atoms with Crippen LogP contribution in [0.4, 0.5) is 0 Å². The van der Waals surface area contributed by atoms with Crippen LogP contribution >= 0.6 is 0 Å². The van der Waals surface area contributed by atoms with Gasteiger partial charge in [0.05, 0.1) is 12.2 Å². The lowest BCUT2D eigenvalue weighted by Crippen LogP contribution is -2.55. The standard InChI is InChI=1S/C22H20O5/c1-22(2)21(25)20(26-12-13-8-4-3-5-9-13)16-17(23)14-10-6-7-11-15(14)18(24)19(16)27-22/h3-11,20-21,25H,12H2,1-2H3. The Labute approximate surface area is 157 Å². The number of Topliss-reactive ketones (excluding diaryl/α,β-unsaturated/α-hetero) is 2. The van der Waals surface area contributed by atoms with Crippen molar-refractivity contribution in [3.05, 3.63) is 82.6 Å². The van der Waals surface area contributed by atoms with Gasteiger partial charge in [-0.05, 0) is 19.4 Å². The highest BCUT2D eigenvalue weighted by atomic mass is 16.5. The van der Waals surface area contributed by atoms with Gasteiger partial charge in [-0.25, -0.2) is 0 Å². The first-order valence-electron chi connectivity index (χ1n) is 8.85. The van der Waals surface area contributed by atoms with Crippen LogP contribution in [-0.2, 0) is 16.1 Å². The van der Waals surface area contributed by atoms with E-state index in [1.807, 2.05) is 30.3 Å². The molecule has 1 heterocycles. The minimum Gasteiger partial charge on any atom is -0.480 e. The summed E-state index contributed by atoms with van der Waals surface area (Å²) in [4.78, 5) is 26.0. The van der Waals surface area contributed by atoms with E-state index in [1.165, 1.54) is 0 Å². The van der Waals surface area contributed by atoms with Gasteiger partial charge in [-0.15, -0.1) is 0 Å². The lowest BCUT2D eigenvalue weighted by Gasteiger charge is -2.43. The van der Waals surface area contributed by atoms with Gasteiger partial charge in [0.2, 0.25) is 5.78 Å². The highest BCUT2D eigenvalue weighted by Gasteiger charge is 2.51. The summed E-state index contributed by atoms with van der Waals surface area (Å²) in [5.41, 5.74) is 0.565. The summed E-state index contributed by atoms with van der Waals surface area (Å²) in [5.74, 6) is -0.714. The molecule has 2 atom stereocenters. The molecular formula is C22H20O5. The third-order valence-electron chi connectivity index (χ3n) is 5.03. The number of hydrogen-bond acceptors (Lipinski definition) is 5. The molecule has 27 heavy (non-hydrogen) atoms. The number of fused-ring (bicyclic) bond motifs is 1. The highest BCUT2D eigenvalue weighted by Crippen LogP contribution is 2.40. The van der Waals surface area contributed by atoms with Gasteiger partial charge in [-0.3, -0.25) is 9.59 Å². The molecule has 0 saturated carbocycles. The van der Waals surface area contributed by atoms with Gasteiger partial charge in [0.1, 0.15) is 17.8 Å². The van der Waals surface area contributed by atoms with Gasteiger partial charge in [-0.2, -0.15) is 0 Å². The molecule has 2 aliphatic rings. The molecule has 5 nitrogen and oxygen atoms in total. The summed E-state index contributed by atoms with van der Waals surface area (Å²) < 4.78 is 11.8. The lowest BCUT2D eigenvalue weighted by molar-refractivity contribution is -0.144. The zero-order valence-electron chi connectivity index (χ0n) is 15.1. The highest BCUT2D eigenvalue weighted by molar-refractivity contribution is 6.26. The van der Waals surface area contributed by atoms with E-state index in [2.05, 4.69) is 0 Å². The van der Waals surface area contributed by atoms with Gasteiger partial charge < -0.3 is 14.6 Å². The molecule has 138 valence electrons. The Morgan fingerprint density at radius 1 is 0.963 bits per heavy atom. The van der Waals surface area contributed by atoms with Crippen molar-refractivity contribution in [1.29, 1.82) is 0 Å². The molecule has 2 unspecified atom stereocenters. The summed E-state index contributed by atoms with van der Waals surface area (Å²) >= 11 is 0. The third-order valence-corrected chi connectivity index (χ3v) is 5.03. The van der Waals surface area contributed by atoms with E-state index in [9.17, 15) is 14.7 Å². The van der Waals surface area contributed by atoms with Gasteiger partial charge in [-0.1, -0.05) is 54.6 Å². The Bertz CT molecular complexity index is 942. The first kappa shape index (κ1) is 17.6. The van der Waals surface area contributed by atoms with Crippen molar-refractivity contribution in [1.82, 2.24) is 0 Å². The van der Waals surface area contributed by atoms with Crippen LogP contribution in [0.1, 0.15) is 40.1 Å². The molecule has 0 radical (unpaired) electrons. The summed E-state index contributed by atoms with van der Waals surface area (Å²) in [5, 5.41) is 10.8. The van der Waals surface area contributed by atoms with Crippen LogP contribution in [0.2, 0.25) is 0 Å². The SMILES string of the molecule is CC1(C)OC2=C(C(=O)c3ccccc3C2=O)C(OCc2ccccc2)C1O. The monoisotopic (exact) mass is 364 g/mol. The van der Waals surface area contributed by atoms with Crippen LogP contribution in [-0.4, -0.2) is 34.5 Å². The second-order valence-corrected chi connectivity index (χ2v) is 7.31. The molecule has 2 aromatic carbocycles. The second-order valence-electron chi connectivity index (χ2n) is 7.31. The predicted octanol–water partition coefficient (Wildman–Crippen LogP) is 3.07. The van der Waals surface area contributed by atoms with Crippen molar-refractivity contribution in [2.24, 2.45) is 0 Å². The molecule has 0 aromatic heterocycles. The molecule has 0 bridgehead atoms. The summed E-state index contributed by atoms with van der Waals surface area (Å²) in [6, 6.07) is 16.1. The van der Waals surface area contributed by atoms with Gasteiger partial charge >= 0.3 is 0 Å². The zero-order valence-corrected chi connectivity index (χ0v) is 15.1. The van der Waals surface area contributed by atoms with E-state index < -0.39 is 17.8 Å². The van der Waals surface area contributed by atoms with Crippen molar-refractivity contribution >= 4 is 11.6 Å². The first-order chi connectivity index (χ1) is 12.9. The Balaban J connectivity index is 1.76. The van der Waals surface area contributed by atoms with E-state index >= 15 is 0 Å². The van der Waals surface area contributed by atoms with Crippen molar-refractivity contribution in [3.63, 3.8) is 0 Å². The molecule has 0 amide bonds. The van der Waals surface area contributed by atoms with Crippen LogP contribution < -0.4 is 0 Å². The van der Waals surface area contributed by atoms with E-state index in [0.717, 1.165) is 5.56 Å². The quantitative estimate of drug-likeness (QED) is 0.906. The second kappa shape index (κ2) is 6.44. The Hall–Kier alpha value is -2.76. The van der Waals surface area contributed by atoms with E-state index in [-0.39, 0.29) is 29.5 Å². The summed E-state index contributed by atoms with van der Waals surface area (Å²) in [6.07, 6.45) is -2.05. The maximum atomic E-state index is 13.1. The van der Waals surface area contributed by atoms with Crippen molar-refractivity contribution in [3.8, 4) is 0 Å². The minimum absolute atomic E-state index is 0.0212. The molecule has 0 spiro atoms. The number of allylic oxidation sites excluding steroid dienone is 1. The largest absolute Gasteiger partial charge is 0.480 e. The smallest absolute Gasteiger partial charge is 0.228 e. The maximum absolute atomic E-state index is 13.1. The lowest BCUT2D eigenvalue weighted by atomic mass is 9.79. The van der Waals surface area contributed by atoms with E-state index in [4.69, 9.17) is 9.47 Å². The first-order valence-corrected chi connectivity index (χ1v) is 8.85. The van der Waals surface area contributed by atoms with Crippen LogP contribution in [0.5, 0.6) is 0 Å². The Morgan fingerprint density at radius 2 is 1.56 bits per heavy atom. The number of carbonyl (C=O) groups is 2. The fourth-order valence-corrected chi connectivity index (χ4v) is 3.51. The Kier molecular flexibility index (Phi) is 4.21. The average Bonchev–Trinajstić information content (AvgIpc) is 2.67. The van der Waals surface area contributed by atoms with Crippen LogP contribution in [0, 0.1) is 0 Å². The molecule has 0 saturated heterocycles. The molecule has 2 aromatic rings. The molecule has 0 fully saturated rings. The van der Waals surface area contributed by atoms with Crippen molar-refractivity contribution in [2.45, 2.75) is 38.3 Å². The van der Waals surface area contributed by atoms with E-state index in [1.54, 1.807) is 38.1 Å². The topological polar surface area (TPSA) is 72.8 Å². The van der Waals surface area contributed by atoms with Gasteiger partial charge in [0, 0.05) is 11.1 Å². The van der Waals surface area contributed by atoms with Crippen LogP contribution in [0.25, 0.3) is 0 Å². The summed E-state index contributed by atoms with van der Waals surface area (Å²) in [7, 11) is 0. The fraction of sp³-hybridized carbons (Fsp3) is 0.273. The van der Waals surface area contributed by atoms with Crippen molar-refractivity contribution in [2.75, 3.05) is 0 Å². The molecule has 1 aliphatic carbocycles. The number of carbonyl (C=O) groups excluding carboxylic acids is 2. The number of ketones is 2. The fourth-order valence-electron chi connectivity index (χ4n) is 3.51. The minimum atomic E-state index is -1.10. The maximum Gasteiger partial charge on any atom is 0.228 e. The van der Waals surface area contributed by atoms with Crippen LogP contribution in [0.15, 0.2) is 65.9 Å². The molecule has 4 rings (SSSR count). The number of aliphatic hydroxyl groups is 1. The average molecular weight is 364 g/mol. The zero-order chi connectivity index (χ0) is 19.2. The number of aliphatic hydroxyl groups excluding tert-OH is 1. The van der Waals surface area contributed by atoms with Gasteiger partial charge in [0.25, 0.3) is 0 Å². The molecule has 1 N–H and O–H groups in total. The molecule has 5 heteroatoms. The number of benzene rings is 2. The summed E-state index contributed by atoms with van der Waals surface area (Å²) in [6.45, 7) is 3.57. The molecular weight excluding hydrogens is 344 g/mol. The Morgan fingerprint density at radius 3 is 2.22 bits per heavy atom.